The number of methoxy groups -OCH3 is 3. The molecule has 1 aliphatic rings. The molecular weight excluding hydrogens is 374 g/mol. The maximum atomic E-state index is 12.1. The molecule has 29 heavy (non-hydrogen) atoms. The summed E-state index contributed by atoms with van der Waals surface area (Å²) >= 11 is 0. The van der Waals surface area contributed by atoms with Gasteiger partial charge in [0.2, 0.25) is 5.75 Å². The lowest BCUT2D eigenvalue weighted by molar-refractivity contribution is -0.148. The van der Waals surface area contributed by atoms with Gasteiger partial charge in [-0.3, -0.25) is 9.59 Å². The van der Waals surface area contributed by atoms with E-state index in [9.17, 15) is 9.59 Å². The average Bonchev–Trinajstić information content (AvgIpc) is 2.73. The lowest BCUT2D eigenvalue weighted by atomic mass is 9.78. The topological polar surface area (TPSA) is 83.1 Å². The van der Waals surface area contributed by atoms with Crippen LogP contribution in [0, 0.1) is 11.8 Å². The third-order valence-electron chi connectivity index (χ3n) is 5.76. The molecule has 1 N–H and O–H groups in total. The predicted molar refractivity (Wildman–Crippen MR) is 109 cm³/mol. The molecule has 0 radical (unpaired) electrons. The zero-order chi connectivity index (χ0) is 21.4. The molecule has 0 spiro atoms. The summed E-state index contributed by atoms with van der Waals surface area (Å²) in [6.07, 6.45) is 3.89. The van der Waals surface area contributed by atoms with Crippen molar-refractivity contribution in [2.24, 2.45) is 11.8 Å². The molecule has 3 atom stereocenters. The number of esters is 1. The highest BCUT2D eigenvalue weighted by atomic mass is 16.5. The molecule has 2 rings (SSSR count). The Hall–Kier alpha value is -2.44. The van der Waals surface area contributed by atoms with Gasteiger partial charge in [-0.1, -0.05) is 26.7 Å². The van der Waals surface area contributed by atoms with E-state index in [1.54, 1.807) is 26.4 Å². The van der Waals surface area contributed by atoms with E-state index in [-0.39, 0.29) is 25.0 Å². The number of benzene rings is 1. The van der Waals surface area contributed by atoms with Gasteiger partial charge in [0.25, 0.3) is 5.91 Å². The molecule has 1 aliphatic carbocycles. The largest absolute Gasteiger partial charge is 0.493 e. The van der Waals surface area contributed by atoms with Gasteiger partial charge in [0, 0.05) is 12.5 Å². The molecule has 1 aromatic rings. The molecule has 0 aliphatic heterocycles. The van der Waals surface area contributed by atoms with Crippen LogP contribution < -0.4 is 19.5 Å². The fraction of sp³-hybridized carbons (Fsp3) is 0.636. The van der Waals surface area contributed by atoms with Crippen LogP contribution in [0.4, 0.5) is 0 Å². The molecule has 1 amide bonds. The van der Waals surface area contributed by atoms with E-state index in [2.05, 4.69) is 19.2 Å². The summed E-state index contributed by atoms with van der Waals surface area (Å²) in [5.74, 6) is 1.94. The summed E-state index contributed by atoms with van der Waals surface area (Å²) in [5, 5.41) is 3.01. The molecule has 1 fully saturated rings. The molecule has 0 heterocycles. The van der Waals surface area contributed by atoms with Gasteiger partial charge in [-0.15, -0.1) is 0 Å². The van der Waals surface area contributed by atoms with Gasteiger partial charge in [0.1, 0.15) is 0 Å². The van der Waals surface area contributed by atoms with E-state index in [4.69, 9.17) is 18.9 Å². The number of nitrogens with one attached hydrogen (secondary N) is 1. The Morgan fingerprint density at radius 1 is 1.03 bits per heavy atom. The quantitative estimate of drug-likeness (QED) is 0.633. The lowest BCUT2D eigenvalue weighted by Gasteiger charge is -2.34. The Morgan fingerprint density at radius 3 is 2.28 bits per heavy atom. The standard InChI is InChI=1S/C22H33NO6/c1-14-7-6-8-17(15(14)2)23-20(24)13-29-21(25)10-9-16-11-18(26-3)22(28-5)19(12-16)27-4/h11-12,14-15,17H,6-10,13H2,1-5H3,(H,23,24)/t14-,15+,17-/m1/s1. The van der Waals surface area contributed by atoms with Crippen molar-refractivity contribution in [3.8, 4) is 17.2 Å². The summed E-state index contributed by atoms with van der Waals surface area (Å²) in [6.45, 7) is 4.13. The van der Waals surface area contributed by atoms with Gasteiger partial charge >= 0.3 is 5.97 Å². The number of hydrogen-bond acceptors (Lipinski definition) is 6. The Labute approximate surface area is 173 Å². The molecular formula is C22H33NO6. The molecule has 1 saturated carbocycles. The zero-order valence-corrected chi connectivity index (χ0v) is 18.1. The van der Waals surface area contributed by atoms with Crippen LogP contribution in [0.25, 0.3) is 0 Å². The highest BCUT2D eigenvalue weighted by Gasteiger charge is 2.28. The molecule has 162 valence electrons. The Morgan fingerprint density at radius 2 is 1.69 bits per heavy atom. The second-order valence-electron chi connectivity index (χ2n) is 7.64. The van der Waals surface area contributed by atoms with Crippen LogP contribution in [0.3, 0.4) is 0 Å². The minimum Gasteiger partial charge on any atom is -0.493 e. The van der Waals surface area contributed by atoms with Gasteiger partial charge < -0.3 is 24.3 Å². The zero-order valence-electron chi connectivity index (χ0n) is 18.1. The minimum absolute atomic E-state index is 0.156. The first-order valence-corrected chi connectivity index (χ1v) is 10.1. The van der Waals surface area contributed by atoms with Crippen LogP contribution in [-0.4, -0.2) is 45.9 Å². The van der Waals surface area contributed by atoms with Crippen molar-refractivity contribution in [1.29, 1.82) is 0 Å². The van der Waals surface area contributed by atoms with E-state index in [1.807, 2.05) is 0 Å². The average molecular weight is 408 g/mol. The van der Waals surface area contributed by atoms with E-state index in [0.29, 0.717) is 35.5 Å². The van der Waals surface area contributed by atoms with Crippen molar-refractivity contribution >= 4 is 11.9 Å². The number of amides is 1. The smallest absolute Gasteiger partial charge is 0.306 e. The maximum Gasteiger partial charge on any atom is 0.306 e. The maximum absolute atomic E-state index is 12.1. The molecule has 0 bridgehead atoms. The second kappa shape index (κ2) is 10.9. The van der Waals surface area contributed by atoms with Crippen molar-refractivity contribution < 1.29 is 28.5 Å². The van der Waals surface area contributed by atoms with Crippen molar-refractivity contribution in [2.75, 3.05) is 27.9 Å². The van der Waals surface area contributed by atoms with Crippen molar-refractivity contribution in [3.63, 3.8) is 0 Å². The number of carbonyl (C=O) groups is 2. The molecule has 7 heteroatoms. The first-order chi connectivity index (χ1) is 13.9. The van der Waals surface area contributed by atoms with Crippen molar-refractivity contribution in [1.82, 2.24) is 5.32 Å². The summed E-state index contributed by atoms with van der Waals surface area (Å²) in [5.41, 5.74) is 0.853. The van der Waals surface area contributed by atoms with E-state index >= 15 is 0 Å². The Balaban J connectivity index is 1.82. The summed E-state index contributed by atoms with van der Waals surface area (Å²) in [6, 6.07) is 3.75. The van der Waals surface area contributed by atoms with Gasteiger partial charge in [-0.2, -0.15) is 0 Å². The fourth-order valence-electron chi connectivity index (χ4n) is 3.78. The third kappa shape index (κ3) is 6.27. The molecule has 0 aromatic heterocycles. The first kappa shape index (κ1) is 22.8. The van der Waals surface area contributed by atoms with Gasteiger partial charge in [-0.25, -0.2) is 0 Å². The van der Waals surface area contributed by atoms with Crippen LogP contribution in [-0.2, 0) is 20.7 Å². The van der Waals surface area contributed by atoms with Crippen LogP contribution in [0.2, 0.25) is 0 Å². The summed E-state index contributed by atoms with van der Waals surface area (Å²) in [4.78, 5) is 24.2. The van der Waals surface area contributed by atoms with Gasteiger partial charge in [0.15, 0.2) is 18.1 Å². The van der Waals surface area contributed by atoms with E-state index in [0.717, 1.165) is 18.4 Å². The van der Waals surface area contributed by atoms with Crippen molar-refractivity contribution in [3.05, 3.63) is 17.7 Å². The van der Waals surface area contributed by atoms with Crippen molar-refractivity contribution in [2.45, 2.75) is 52.0 Å². The fourth-order valence-corrected chi connectivity index (χ4v) is 3.78. The normalized spacial score (nSPS) is 21.2. The molecule has 0 unspecified atom stereocenters. The highest BCUT2D eigenvalue weighted by Crippen LogP contribution is 2.38. The predicted octanol–water partition coefficient (Wildman–Crippen LogP) is 3.13. The van der Waals surface area contributed by atoms with Crippen LogP contribution in [0.1, 0.15) is 45.1 Å². The third-order valence-corrected chi connectivity index (χ3v) is 5.76. The SMILES string of the molecule is COc1cc(CCC(=O)OCC(=O)N[C@@H]2CCC[C@@H](C)[C@@H]2C)cc(OC)c1OC. The highest BCUT2D eigenvalue weighted by molar-refractivity contribution is 5.80. The van der Waals surface area contributed by atoms with Gasteiger partial charge in [-0.05, 0) is 42.4 Å². The summed E-state index contributed by atoms with van der Waals surface area (Å²) < 4.78 is 21.1. The summed E-state index contributed by atoms with van der Waals surface area (Å²) in [7, 11) is 4.63. The molecule has 1 aromatic carbocycles. The Bertz CT molecular complexity index is 680. The minimum atomic E-state index is -0.418. The monoisotopic (exact) mass is 407 g/mol. The van der Waals surface area contributed by atoms with E-state index < -0.39 is 5.97 Å². The molecule has 7 nitrogen and oxygen atoms in total. The van der Waals surface area contributed by atoms with Gasteiger partial charge in [0.05, 0.1) is 21.3 Å². The van der Waals surface area contributed by atoms with Crippen LogP contribution in [0.5, 0.6) is 17.2 Å². The van der Waals surface area contributed by atoms with E-state index in [1.165, 1.54) is 13.5 Å². The number of carbonyl (C=O) groups excluding carboxylic acids is 2. The second-order valence-corrected chi connectivity index (χ2v) is 7.64. The number of aryl methyl sites for hydroxylation is 1. The molecule has 0 saturated heterocycles. The number of ether oxygens (including phenoxy) is 4. The lowest BCUT2D eigenvalue weighted by Crippen LogP contribution is -2.45. The number of rotatable bonds is 9. The Kier molecular flexibility index (Phi) is 8.61. The number of hydrogen-bond donors (Lipinski definition) is 1. The van der Waals surface area contributed by atoms with Crippen LogP contribution in [0.15, 0.2) is 12.1 Å². The van der Waals surface area contributed by atoms with Crippen LogP contribution >= 0.6 is 0 Å². The first-order valence-electron chi connectivity index (χ1n) is 10.1.